The fraction of sp³-hybridized carbons (Fsp3) is 0. The van der Waals surface area contributed by atoms with E-state index in [0.717, 1.165) is 0 Å². The minimum absolute atomic E-state index is 0.0220. The summed E-state index contributed by atoms with van der Waals surface area (Å²) in [7, 11) is 0. The molecule has 0 unspecified atom stereocenters. The van der Waals surface area contributed by atoms with Gasteiger partial charge in [-0.25, -0.2) is 0 Å². The molecular weight excluding hydrogens is 192 g/mol. The van der Waals surface area contributed by atoms with Gasteiger partial charge in [0.1, 0.15) is 0 Å². The molecule has 0 nitrogen and oxygen atoms in total. The van der Waals surface area contributed by atoms with E-state index < -0.39 is 18.1 Å². The van der Waals surface area contributed by atoms with Crippen molar-refractivity contribution in [3.63, 3.8) is 0 Å². The van der Waals surface area contributed by atoms with E-state index in [1.165, 1.54) is 0 Å². The van der Waals surface area contributed by atoms with E-state index in [2.05, 4.69) is 6.07 Å². The second-order valence-corrected chi connectivity index (χ2v) is 3.50. The van der Waals surface area contributed by atoms with Gasteiger partial charge >= 0.3 is 0 Å². The third-order valence-corrected chi connectivity index (χ3v) is 2.62. The Morgan fingerprint density at radius 1 is 0.750 bits per heavy atom. The molecule has 73 valence electrons. The minimum atomic E-state index is -0.470. The van der Waals surface area contributed by atoms with Gasteiger partial charge in [-0.05, 0) is 38.4 Å². The number of rotatable bonds is 0. The monoisotopic (exact) mass is 210 g/mol. The summed E-state index contributed by atoms with van der Waals surface area (Å²) in [6, 6.07) is -0.731. The van der Waals surface area contributed by atoms with Crippen LogP contribution in [0.4, 0.5) is 0 Å². The Morgan fingerprint density at radius 3 is 2.25 bits per heavy atom. The summed E-state index contributed by atoms with van der Waals surface area (Å²) in [5.41, 5.74) is 0. The molecule has 0 amide bonds. The van der Waals surface area contributed by atoms with Crippen LogP contribution in [-0.2, 0) is 0 Å². The quantitative estimate of drug-likeness (QED) is 0.378. The van der Waals surface area contributed by atoms with E-state index in [9.17, 15) is 0 Å². The van der Waals surface area contributed by atoms with Crippen molar-refractivity contribution in [1.82, 2.24) is 0 Å². The first-order valence-corrected chi connectivity index (χ1v) is 4.75. The maximum atomic E-state index is 8.22. The maximum absolute atomic E-state index is 8.22. The summed E-state index contributed by atoms with van der Waals surface area (Å²) < 4.78 is 72.9. The molecule has 0 aliphatic rings. The van der Waals surface area contributed by atoms with Crippen LogP contribution in [0.1, 0.15) is 12.3 Å². The van der Waals surface area contributed by atoms with E-state index in [1.54, 1.807) is 0 Å². The average Bonchev–Trinajstić information content (AvgIpc) is 2.57. The lowest BCUT2D eigenvalue weighted by atomic mass is 9.95. The zero-order valence-electron chi connectivity index (χ0n) is 17.0. The molecule has 16 heavy (non-hydrogen) atoms. The Morgan fingerprint density at radius 2 is 1.44 bits per heavy atom. The molecule has 0 N–H and O–H groups in total. The second-order valence-electron chi connectivity index (χ2n) is 3.50. The van der Waals surface area contributed by atoms with Crippen LogP contribution >= 0.6 is 0 Å². The Labute approximate surface area is 106 Å². The third kappa shape index (κ3) is 0.892. The molecule has 0 spiro atoms. The largest absolute Gasteiger partial charge is 0.0630 e. The van der Waals surface area contributed by atoms with Gasteiger partial charge in [0.25, 0.3) is 0 Å². The smallest absolute Gasteiger partial charge is 0.0610 e. The zero-order chi connectivity index (χ0) is 18.4. The summed E-state index contributed by atoms with van der Waals surface area (Å²) in [5.74, 6) is 0. The maximum Gasteiger partial charge on any atom is 0.0630 e. The predicted octanol–water partition coefficient (Wildman–Crippen LogP) is 4.38. The van der Waals surface area contributed by atoms with Gasteiger partial charge in [-0.3, -0.25) is 0 Å². The zero-order valence-corrected chi connectivity index (χ0v) is 8.00. The number of hydrogen-bond donors (Lipinski definition) is 0. The van der Waals surface area contributed by atoms with Crippen LogP contribution < -0.4 is 0 Å². The van der Waals surface area contributed by atoms with Crippen molar-refractivity contribution in [1.29, 1.82) is 0 Å². The SMILES string of the molecule is [2H]c1[c]c2c([2H])c([2H])c3c([2H])c([2H])c([2H])c4c([2H])c([2H])c(c1[2H])c2c34. The van der Waals surface area contributed by atoms with Crippen LogP contribution in [0.3, 0.4) is 0 Å². The fourth-order valence-corrected chi connectivity index (χ4v) is 1.94. The molecule has 0 saturated carbocycles. The van der Waals surface area contributed by atoms with Gasteiger partial charge in [-0.1, -0.05) is 54.4 Å². The predicted molar refractivity (Wildman–Crippen MR) is 69.0 cm³/mol. The molecule has 4 rings (SSSR count). The molecule has 0 aromatic heterocycles. The van der Waals surface area contributed by atoms with Crippen LogP contribution in [0.5, 0.6) is 0 Å². The first-order valence-electron chi connectivity index (χ1n) is 9.25. The Bertz CT molecular complexity index is 1200. The molecule has 0 bridgehead atoms. The second kappa shape index (κ2) is 2.73. The van der Waals surface area contributed by atoms with Crippen LogP contribution in [-0.4, -0.2) is 0 Å². The summed E-state index contributed by atoms with van der Waals surface area (Å²) in [5, 5.41) is 0.294. The lowest BCUT2D eigenvalue weighted by molar-refractivity contribution is 1.77. The van der Waals surface area contributed by atoms with Crippen LogP contribution in [0, 0.1) is 6.07 Å². The van der Waals surface area contributed by atoms with Crippen molar-refractivity contribution < 1.29 is 12.3 Å². The van der Waals surface area contributed by atoms with Gasteiger partial charge in [-0.15, -0.1) is 0 Å². The van der Waals surface area contributed by atoms with Crippen molar-refractivity contribution in [2.75, 3.05) is 0 Å². The Hall–Kier alpha value is -2.08. The summed E-state index contributed by atoms with van der Waals surface area (Å²) in [4.78, 5) is 0. The third-order valence-electron chi connectivity index (χ3n) is 2.62. The van der Waals surface area contributed by atoms with E-state index >= 15 is 0 Å². The van der Waals surface area contributed by atoms with Crippen molar-refractivity contribution >= 4 is 32.3 Å². The summed E-state index contributed by atoms with van der Waals surface area (Å²) >= 11 is 0. The van der Waals surface area contributed by atoms with Crippen LogP contribution in [0.25, 0.3) is 32.3 Å². The van der Waals surface area contributed by atoms with Gasteiger partial charge in [0, 0.05) is 0 Å². The number of benzene rings is 4. The highest BCUT2D eigenvalue weighted by molar-refractivity contribution is 6.22. The van der Waals surface area contributed by atoms with Gasteiger partial charge in [-0.2, -0.15) is 0 Å². The minimum Gasteiger partial charge on any atom is -0.0610 e. The Kier molecular flexibility index (Phi) is 0.591. The van der Waals surface area contributed by atoms with Crippen molar-refractivity contribution in [2.45, 2.75) is 0 Å². The molecule has 0 aliphatic carbocycles. The van der Waals surface area contributed by atoms with Gasteiger partial charge in [0.2, 0.25) is 0 Å². The molecule has 0 atom stereocenters. The van der Waals surface area contributed by atoms with Gasteiger partial charge in [0.15, 0.2) is 0 Å². The van der Waals surface area contributed by atoms with Crippen LogP contribution in [0.15, 0.2) is 54.4 Å². The highest BCUT2D eigenvalue weighted by Crippen LogP contribution is 2.33. The highest BCUT2D eigenvalue weighted by atomic mass is 14.1. The fourth-order valence-electron chi connectivity index (χ4n) is 1.94. The van der Waals surface area contributed by atoms with Crippen molar-refractivity contribution in [3.05, 3.63) is 60.4 Å². The van der Waals surface area contributed by atoms with Gasteiger partial charge < -0.3 is 0 Å². The topological polar surface area (TPSA) is 0 Å². The molecule has 0 aliphatic heterocycles. The Balaban J connectivity index is 2.60. The normalized spacial score (nSPS) is 19.6. The van der Waals surface area contributed by atoms with E-state index in [4.69, 9.17) is 12.3 Å². The molecule has 4 aromatic rings. The molecule has 0 heteroatoms. The highest BCUT2D eigenvalue weighted by Gasteiger charge is 2.06. The summed E-state index contributed by atoms with van der Waals surface area (Å²) in [6.45, 7) is 0. The average molecular weight is 210 g/mol. The van der Waals surface area contributed by atoms with Crippen LogP contribution in [0.2, 0.25) is 0 Å². The van der Waals surface area contributed by atoms with E-state index in [1.807, 2.05) is 0 Å². The molecule has 4 aromatic carbocycles. The summed E-state index contributed by atoms with van der Waals surface area (Å²) in [6.07, 6.45) is 0. The molecule has 1 radical (unpaired) electrons. The van der Waals surface area contributed by atoms with E-state index in [-0.39, 0.29) is 68.6 Å². The molecule has 0 heterocycles. The lowest BCUT2D eigenvalue weighted by Crippen LogP contribution is -1.82. The van der Waals surface area contributed by atoms with Gasteiger partial charge in [0.05, 0.1) is 12.3 Å². The molecular formula is C16H9. The molecule has 0 saturated heterocycles. The lowest BCUT2D eigenvalue weighted by Gasteiger charge is -2.09. The van der Waals surface area contributed by atoms with Crippen molar-refractivity contribution in [2.24, 2.45) is 0 Å². The standard InChI is InChI=1S/C16H9/c1-3-11-7-9-13-5-2-6-14-10-8-12(4-1)15(11)16(13)14/h1-5,7-10H/i1D,2D,3D,4D,5D,7D,8D,9D,10D. The van der Waals surface area contributed by atoms with Crippen molar-refractivity contribution in [3.8, 4) is 0 Å². The van der Waals surface area contributed by atoms with E-state index in [0.29, 0.717) is 0 Å². The number of hydrogen-bond acceptors (Lipinski definition) is 0. The first kappa shape index (κ1) is 3.46. The first-order chi connectivity index (χ1) is 11.7. The molecule has 0 fully saturated rings.